The summed E-state index contributed by atoms with van der Waals surface area (Å²) < 4.78 is 25.6. The largest absolute Gasteiger partial charge is 0.508 e. The molecule has 0 aliphatic rings. The Labute approximate surface area is 200 Å². The van der Waals surface area contributed by atoms with E-state index in [1.807, 2.05) is 6.92 Å². The summed E-state index contributed by atoms with van der Waals surface area (Å²) >= 11 is 0. The SMILES string of the molecule is CCC[C@H](C)OC(=O)OCC[C@@](N)(Cc1ccc(OC(=O)CC)c(OC(=O)CC)c1)C(=O)OC. The van der Waals surface area contributed by atoms with Crippen molar-refractivity contribution in [3.8, 4) is 11.5 Å². The number of ether oxygens (including phenoxy) is 5. The number of esters is 3. The summed E-state index contributed by atoms with van der Waals surface area (Å²) in [7, 11) is 1.20. The number of carbonyl (C=O) groups is 4. The van der Waals surface area contributed by atoms with E-state index in [2.05, 4.69) is 0 Å². The molecule has 1 aromatic carbocycles. The van der Waals surface area contributed by atoms with Crippen molar-refractivity contribution in [3.05, 3.63) is 23.8 Å². The quantitative estimate of drug-likeness (QED) is 0.329. The van der Waals surface area contributed by atoms with Gasteiger partial charge in [0, 0.05) is 25.7 Å². The molecule has 0 aliphatic carbocycles. The zero-order valence-electron chi connectivity index (χ0n) is 20.5. The molecule has 0 radical (unpaired) electrons. The fraction of sp³-hybridized carbons (Fsp3) is 0.583. The van der Waals surface area contributed by atoms with Crippen molar-refractivity contribution in [2.75, 3.05) is 13.7 Å². The van der Waals surface area contributed by atoms with E-state index in [4.69, 9.17) is 29.4 Å². The molecule has 0 aromatic heterocycles. The van der Waals surface area contributed by atoms with Gasteiger partial charge in [-0.3, -0.25) is 14.4 Å². The third kappa shape index (κ3) is 9.38. The molecule has 0 spiro atoms. The highest BCUT2D eigenvalue weighted by atomic mass is 16.7. The van der Waals surface area contributed by atoms with Crippen LogP contribution < -0.4 is 15.2 Å². The van der Waals surface area contributed by atoms with E-state index < -0.39 is 29.6 Å². The maximum absolute atomic E-state index is 12.5. The van der Waals surface area contributed by atoms with Crippen LogP contribution in [0.4, 0.5) is 4.79 Å². The van der Waals surface area contributed by atoms with Crippen molar-refractivity contribution in [3.63, 3.8) is 0 Å². The minimum Gasteiger partial charge on any atom is -0.468 e. The van der Waals surface area contributed by atoms with Crippen molar-refractivity contribution in [1.82, 2.24) is 0 Å². The Morgan fingerprint density at radius 2 is 1.62 bits per heavy atom. The fourth-order valence-electron chi connectivity index (χ4n) is 3.03. The third-order valence-electron chi connectivity index (χ3n) is 4.91. The van der Waals surface area contributed by atoms with Gasteiger partial charge in [-0.15, -0.1) is 0 Å². The molecule has 0 amide bonds. The molecule has 1 aromatic rings. The predicted molar refractivity (Wildman–Crippen MR) is 122 cm³/mol. The molecule has 0 unspecified atom stereocenters. The molecule has 0 saturated heterocycles. The minimum atomic E-state index is -1.54. The van der Waals surface area contributed by atoms with Crippen LogP contribution in [0.2, 0.25) is 0 Å². The summed E-state index contributed by atoms with van der Waals surface area (Å²) in [6.07, 6.45) is 0.599. The Morgan fingerprint density at radius 3 is 2.18 bits per heavy atom. The third-order valence-corrected chi connectivity index (χ3v) is 4.91. The van der Waals surface area contributed by atoms with Crippen LogP contribution in [0.25, 0.3) is 0 Å². The first-order chi connectivity index (χ1) is 16.1. The van der Waals surface area contributed by atoms with Gasteiger partial charge in [-0.2, -0.15) is 0 Å². The van der Waals surface area contributed by atoms with Crippen molar-refractivity contribution in [2.24, 2.45) is 5.73 Å². The van der Waals surface area contributed by atoms with E-state index in [0.29, 0.717) is 12.0 Å². The van der Waals surface area contributed by atoms with Gasteiger partial charge < -0.3 is 29.4 Å². The minimum absolute atomic E-state index is 0.0248. The maximum Gasteiger partial charge on any atom is 0.508 e. The van der Waals surface area contributed by atoms with Gasteiger partial charge in [0.15, 0.2) is 11.5 Å². The molecular weight excluding hydrogens is 446 g/mol. The second-order valence-corrected chi connectivity index (χ2v) is 7.83. The van der Waals surface area contributed by atoms with Crippen LogP contribution in [0.15, 0.2) is 18.2 Å². The molecule has 2 atom stereocenters. The second kappa shape index (κ2) is 14.2. The summed E-state index contributed by atoms with van der Waals surface area (Å²) in [5, 5.41) is 0. The first kappa shape index (κ1) is 28.9. The highest BCUT2D eigenvalue weighted by molar-refractivity contribution is 5.81. The molecule has 0 aliphatic heterocycles. The van der Waals surface area contributed by atoms with Crippen molar-refractivity contribution >= 4 is 24.1 Å². The highest BCUT2D eigenvalue weighted by Gasteiger charge is 2.36. The molecule has 0 bridgehead atoms. The molecule has 10 heteroatoms. The fourth-order valence-corrected chi connectivity index (χ4v) is 3.03. The van der Waals surface area contributed by atoms with Gasteiger partial charge in [0.05, 0.1) is 13.7 Å². The number of rotatable bonds is 13. The normalized spacial score (nSPS) is 13.2. The van der Waals surface area contributed by atoms with Crippen molar-refractivity contribution in [2.45, 2.75) is 77.9 Å². The lowest BCUT2D eigenvalue weighted by atomic mass is 9.88. The first-order valence-corrected chi connectivity index (χ1v) is 11.3. The van der Waals surface area contributed by atoms with E-state index in [-0.39, 0.29) is 49.9 Å². The van der Waals surface area contributed by atoms with E-state index in [1.54, 1.807) is 26.8 Å². The Kier molecular flexibility index (Phi) is 12.1. The van der Waals surface area contributed by atoms with Crippen LogP contribution in [-0.4, -0.2) is 49.4 Å². The van der Waals surface area contributed by atoms with Gasteiger partial charge in [-0.1, -0.05) is 33.3 Å². The van der Waals surface area contributed by atoms with Crippen LogP contribution in [0.3, 0.4) is 0 Å². The predicted octanol–water partition coefficient (Wildman–Crippen LogP) is 3.46. The van der Waals surface area contributed by atoms with Gasteiger partial charge in [0.2, 0.25) is 0 Å². The van der Waals surface area contributed by atoms with Gasteiger partial charge in [0.1, 0.15) is 11.6 Å². The topological polar surface area (TPSA) is 140 Å². The molecule has 10 nitrogen and oxygen atoms in total. The molecular formula is C24H35NO9. The summed E-state index contributed by atoms with van der Waals surface area (Å²) in [5.74, 6) is -1.63. The van der Waals surface area contributed by atoms with Gasteiger partial charge >= 0.3 is 24.1 Å². The van der Waals surface area contributed by atoms with E-state index in [9.17, 15) is 19.2 Å². The van der Waals surface area contributed by atoms with Gasteiger partial charge in [0.25, 0.3) is 0 Å². The van der Waals surface area contributed by atoms with Crippen LogP contribution in [-0.2, 0) is 35.0 Å². The van der Waals surface area contributed by atoms with Crippen LogP contribution in [0.5, 0.6) is 11.5 Å². The number of hydrogen-bond acceptors (Lipinski definition) is 10. The standard InChI is InChI=1S/C24H35NO9/c1-6-9-16(4)32-23(29)31-13-12-24(25,22(28)30-5)15-17-10-11-18(33-20(26)7-2)19(14-17)34-21(27)8-3/h10-11,14,16H,6-9,12-13,15,25H2,1-5H3/t16-,24+/m0/s1. The van der Waals surface area contributed by atoms with Crippen LogP contribution >= 0.6 is 0 Å². The number of hydrogen-bond donors (Lipinski definition) is 1. The van der Waals surface area contributed by atoms with E-state index in [0.717, 1.165) is 6.42 Å². The van der Waals surface area contributed by atoms with E-state index in [1.165, 1.54) is 19.2 Å². The summed E-state index contributed by atoms with van der Waals surface area (Å²) in [5.41, 5.74) is 5.31. The zero-order chi connectivity index (χ0) is 25.7. The summed E-state index contributed by atoms with van der Waals surface area (Å²) in [6, 6.07) is 4.52. The van der Waals surface area contributed by atoms with Gasteiger partial charge in [-0.05, 0) is 31.0 Å². The van der Waals surface area contributed by atoms with Crippen molar-refractivity contribution < 1.29 is 42.9 Å². The molecule has 34 heavy (non-hydrogen) atoms. The average Bonchev–Trinajstić information content (AvgIpc) is 2.79. The lowest BCUT2D eigenvalue weighted by Crippen LogP contribution is -2.51. The number of carbonyl (C=O) groups excluding carboxylic acids is 4. The first-order valence-electron chi connectivity index (χ1n) is 11.3. The van der Waals surface area contributed by atoms with Crippen molar-refractivity contribution in [1.29, 1.82) is 0 Å². The Bertz CT molecular complexity index is 855. The molecule has 0 heterocycles. The van der Waals surface area contributed by atoms with Crippen LogP contribution in [0.1, 0.15) is 65.4 Å². The van der Waals surface area contributed by atoms with Crippen LogP contribution in [0, 0.1) is 0 Å². The number of benzene rings is 1. The monoisotopic (exact) mass is 481 g/mol. The summed E-state index contributed by atoms with van der Waals surface area (Å²) in [4.78, 5) is 47.9. The summed E-state index contributed by atoms with van der Waals surface area (Å²) in [6.45, 7) is 6.82. The number of nitrogens with two attached hydrogens (primary N) is 1. The smallest absolute Gasteiger partial charge is 0.468 e. The molecule has 1 rings (SSSR count). The van der Waals surface area contributed by atoms with E-state index >= 15 is 0 Å². The Morgan fingerprint density at radius 1 is 1.00 bits per heavy atom. The highest BCUT2D eigenvalue weighted by Crippen LogP contribution is 2.31. The Hall–Kier alpha value is -3.14. The number of methoxy groups -OCH3 is 1. The molecule has 190 valence electrons. The average molecular weight is 482 g/mol. The second-order valence-electron chi connectivity index (χ2n) is 7.83. The molecule has 2 N–H and O–H groups in total. The van der Waals surface area contributed by atoms with Gasteiger partial charge in [-0.25, -0.2) is 4.79 Å². The zero-order valence-corrected chi connectivity index (χ0v) is 20.5. The lowest BCUT2D eigenvalue weighted by Gasteiger charge is -2.27. The maximum atomic E-state index is 12.5. The lowest BCUT2D eigenvalue weighted by molar-refractivity contribution is -0.148. The molecule has 0 saturated carbocycles. The molecule has 0 fully saturated rings. The Balaban J connectivity index is 3.01.